The molecule has 0 bridgehead atoms. The minimum Gasteiger partial charge on any atom is -0.439 e. The molecule has 1 saturated heterocycles. The lowest BCUT2D eigenvalue weighted by Crippen LogP contribution is -2.48. The predicted octanol–water partition coefficient (Wildman–Crippen LogP) is 2.78. The smallest absolute Gasteiger partial charge is 0.219 e. The van der Waals surface area contributed by atoms with E-state index < -0.39 is 0 Å². The van der Waals surface area contributed by atoms with Crippen LogP contribution in [-0.2, 0) is 11.3 Å². The third-order valence-corrected chi connectivity index (χ3v) is 5.83. The highest BCUT2D eigenvalue weighted by atomic mass is 16.5. The van der Waals surface area contributed by atoms with Gasteiger partial charge in [0.2, 0.25) is 11.8 Å². The van der Waals surface area contributed by atoms with Crippen molar-refractivity contribution in [1.29, 1.82) is 0 Å². The second-order valence-corrected chi connectivity index (χ2v) is 7.89. The van der Waals surface area contributed by atoms with Crippen LogP contribution < -0.4 is 4.74 Å². The Morgan fingerprint density at radius 2 is 1.94 bits per heavy atom. The number of hydrogen-bond acceptors (Lipinski definition) is 6. The fraction of sp³-hybridized carbons (Fsp3) is 0.304. The average Bonchev–Trinajstić information content (AvgIpc) is 3.49. The van der Waals surface area contributed by atoms with Gasteiger partial charge < -0.3 is 9.64 Å². The maximum absolute atomic E-state index is 11.5. The van der Waals surface area contributed by atoms with E-state index in [-0.39, 0.29) is 5.91 Å². The molecule has 4 aromatic rings. The number of nitrogens with one attached hydrogen (secondary N) is 1. The van der Waals surface area contributed by atoms with Crippen LogP contribution in [0.3, 0.4) is 0 Å². The van der Waals surface area contributed by atoms with E-state index in [1.54, 1.807) is 19.3 Å². The Balaban J connectivity index is 1.21. The fourth-order valence-corrected chi connectivity index (χ4v) is 3.97. The van der Waals surface area contributed by atoms with Gasteiger partial charge in [-0.15, -0.1) is 0 Å². The highest BCUT2D eigenvalue weighted by molar-refractivity contribution is 5.80. The molecule has 32 heavy (non-hydrogen) atoms. The summed E-state index contributed by atoms with van der Waals surface area (Å²) in [7, 11) is 0. The van der Waals surface area contributed by atoms with E-state index in [9.17, 15) is 4.79 Å². The van der Waals surface area contributed by atoms with Crippen LogP contribution in [0.2, 0.25) is 0 Å². The van der Waals surface area contributed by atoms with Gasteiger partial charge in [0.1, 0.15) is 5.75 Å². The Hall–Kier alpha value is -3.72. The number of carbonyl (C=O) groups excluding carboxylic acids is 1. The third-order valence-electron chi connectivity index (χ3n) is 5.83. The summed E-state index contributed by atoms with van der Waals surface area (Å²) in [6.07, 6.45) is 5.34. The van der Waals surface area contributed by atoms with Crippen molar-refractivity contribution >= 4 is 16.8 Å². The number of aromatic amines is 1. The lowest BCUT2D eigenvalue weighted by atomic mass is 10.2. The van der Waals surface area contributed by atoms with Gasteiger partial charge in [0.05, 0.1) is 24.0 Å². The van der Waals surface area contributed by atoms with Crippen molar-refractivity contribution in [3.05, 3.63) is 55.0 Å². The molecule has 5 rings (SSSR count). The Bertz CT molecular complexity index is 1190. The van der Waals surface area contributed by atoms with Crippen LogP contribution in [-0.4, -0.2) is 73.4 Å². The summed E-state index contributed by atoms with van der Waals surface area (Å²) in [4.78, 5) is 20.2. The van der Waals surface area contributed by atoms with Gasteiger partial charge in [-0.05, 0) is 30.3 Å². The molecule has 9 nitrogen and oxygen atoms in total. The van der Waals surface area contributed by atoms with Crippen LogP contribution >= 0.6 is 0 Å². The molecule has 0 unspecified atom stereocenters. The summed E-state index contributed by atoms with van der Waals surface area (Å²) >= 11 is 0. The summed E-state index contributed by atoms with van der Waals surface area (Å²) in [6, 6.07) is 11.6. The molecule has 0 saturated carbocycles. The maximum Gasteiger partial charge on any atom is 0.219 e. The SMILES string of the molecule is CC(=O)N1CCN(CCn2ncc3cc(Oc4ccc(-c5ccn[nH]5)cn4)ccc32)CC1. The molecule has 0 spiro atoms. The number of benzene rings is 1. The first-order valence-electron chi connectivity index (χ1n) is 10.7. The molecular formula is C23H25N7O2. The Labute approximate surface area is 185 Å². The molecule has 1 fully saturated rings. The molecule has 9 heteroatoms. The summed E-state index contributed by atoms with van der Waals surface area (Å²) in [5.74, 6) is 1.41. The molecule has 164 valence electrons. The minimum atomic E-state index is 0.157. The van der Waals surface area contributed by atoms with Crippen LogP contribution in [0.1, 0.15) is 6.92 Å². The van der Waals surface area contributed by atoms with Gasteiger partial charge in [0.15, 0.2) is 0 Å². The topological polar surface area (TPSA) is 92.2 Å². The zero-order valence-electron chi connectivity index (χ0n) is 17.9. The van der Waals surface area contributed by atoms with Gasteiger partial charge in [0.25, 0.3) is 0 Å². The monoisotopic (exact) mass is 431 g/mol. The molecule has 1 aliphatic rings. The highest BCUT2D eigenvalue weighted by Gasteiger charge is 2.18. The van der Waals surface area contributed by atoms with Crippen LogP contribution in [0.15, 0.2) is 55.0 Å². The van der Waals surface area contributed by atoms with Crippen molar-refractivity contribution in [2.75, 3.05) is 32.7 Å². The second kappa shape index (κ2) is 8.80. The largest absolute Gasteiger partial charge is 0.439 e. The number of aromatic nitrogens is 5. The third kappa shape index (κ3) is 4.33. The lowest BCUT2D eigenvalue weighted by molar-refractivity contribution is -0.130. The number of amides is 1. The van der Waals surface area contributed by atoms with Gasteiger partial charge in [-0.2, -0.15) is 10.2 Å². The summed E-state index contributed by atoms with van der Waals surface area (Å²) < 4.78 is 7.96. The van der Waals surface area contributed by atoms with Crippen molar-refractivity contribution < 1.29 is 9.53 Å². The van der Waals surface area contributed by atoms with Gasteiger partial charge in [-0.25, -0.2) is 4.98 Å². The zero-order valence-corrected chi connectivity index (χ0v) is 17.9. The van der Waals surface area contributed by atoms with Gasteiger partial charge >= 0.3 is 0 Å². The molecule has 1 amide bonds. The van der Waals surface area contributed by atoms with Crippen LogP contribution in [0.5, 0.6) is 11.6 Å². The van der Waals surface area contributed by atoms with Crippen molar-refractivity contribution in [1.82, 2.24) is 34.8 Å². The van der Waals surface area contributed by atoms with Gasteiger partial charge in [-0.3, -0.25) is 19.5 Å². The molecule has 0 aliphatic carbocycles. The number of fused-ring (bicyclic) bond motifs is 1. The minimum absolute atomic E-state index is 0.157. The highest BCUT2D eigenvalue weighted by Crippen LogP contribution is 2.26. The quantitative estimate of drug-likeness (QED) is 0.505. The van der Waals surface area contributed by atoms with E-state index in [1.807, 2.05) is 52.2 Å². The molecule has 1 N–H and O–H groups in total. The molecule has 4 heterocycles. The Morgan fingerprint density at radius 3 is 2.66 bits per heavy atom. The first-order chi connectivity index (χ1) is 15.7. The van der Waals surface area contributed by atoms with E-state index in [1.165, 1.54) is 0 Å². The van der Waals surface area contributed by atoms with E-state index >= 15 is 0 Å². The normalized spacial score (nSPS) is 14.7. The lowest BCUT2D eigenvalue weighted by Gasteiger charge is -2.34. The average molecular weight is 432 g/mol. The molecule has 1 aromatic carbocycles. The number of hydrogen-bond donors (Lipinski definition) is 1. The second-order valence-electron chi connectivity index (χ2n) is 7.89. The number of nitrogens with zero attached hydrogens (tertiary/aromatic N) is 6. The number of ether oxygens (including phenoxy) is 1. The standard InChI is InChI=1S/C23H25N7O2/c1-17(31)29-11-8-28(9-12-29)10-13-30-22-4-3-20(14-19(22)16-26-30)32-23-5-2-18(15-24-23)21-6-7-25-27-21/h2-7,14-16H,8-13H2,1H3,(H,25,27). The van der Waals surface area contributed by atoms with Crippen molar-refractivity contribution in [2.45, 2.75) is 13.5 Å². The number of rotatable bonds is 6. The van der Waals surface area contributed by atoms with Gasteiger partial charge in [0, 0.05) is 69.1 Å². The Morgan fingerprint density at radius 1 is 1.06 bits per heavy atom. The maximum atomic E-state index is 11.5. The van der Waals surface area contributed by atoms with E-state index in [4.69, 9.17) is 4.74 Å². The molecule has 3 aromatic heterocycles. The van der Waals surface area contributed by atoms with E-state index in [0.29, 0.717) is 5.88 Å². The van der Waals surface area contributed by atoms with Crippen molar-refractivity contribution in [3.8, 4) is 22.9 Å². The number of pyridine rings is 1. The first-order valence-corrected chi connectivity index (χ1v) is 10.7. The summed E-state index contributed by atoms with van der Waals surface area (Å²) in [5.41, 5.74) is 2.94. The zero-order chi connectivity index (χ0) is 21.9. The summed E-state index contributed by atoms with van der Waals surface area (Å²) in [5, 5.41) is 12.5. The fourth-order valence-electron chi connectivity index (χ4n) is 3.97. The van der Waals surface area contributed by atoms with Crippen molar-refractivity contribution in [2.24, 2.45) is 0 Å². The van der Waals surface area contributed by atoms with E-state index in [2.05, 4.69) is 25.2 Å². The first kappa shape index (κ1) is 20.2. The van der Waals surface area contributed by atoms with Crippen molar-refractivity contribution in [3.63, 3.8) is 0 Å². The predicted molar refractivity (Wildman–Crippen MR) is 120 cm³/mol. The van der Waals surface area contributed by atoms with Crippen LogP contribution in [0, 0.1) is 0 Å². The molecule has 1 aliphatic heterocycles. The summed E-state index contributed by atoms with van der Waals surface area (Å²) in [6.45, 7) is 6.76. The molecule has 0 atom stereocenters. The molecule has 0 radical (unpaired) electrons. The number of carbonyl (C=O) groups is 1. The van der Waals surface area contributed by atoms with Crippen LogP contribution in [0.25, 0.3) is 22.2 Å². The number of H-pyrrole nitrogens is 1. The molecular weight excluding hydrogens is 406 g/mol. The van der Waals surface area contributed by atoms with Gasteiger partial charge in [-0.1, -0.05) is 0 Å². The Kier molecular flexibility index (Phi) is 5.55. The van der Waals surface area contributed by atoms with E-state index in [0.717, 1.165) is 67.2 Å². The van der Waals surface area contributed by atoms with Crippen LogP contribution in [0.4, 0.5) is 0 Å². The number of piperazine rings is 1.